The predicted molar refractivity (Wildman–Crippen MR) is 117 cm³/mol. The van der Waals surface area contributed by atoms with Crippen LogP contribution in [0.1, 0.15) is 51.5 Å². The number of carbonyl (C=O) groups excluding carboxylic acids is 1. The van der Waals surface area contributed by atoms with Crippen molar-refractivity contribution in [3.63, 3.8) is 0 Å². The Kier molecular flexibility index (Phi) is 7.10. The van der Waals surface area contributed by atoms with Crippen molar-refractivity contribution in [1.82, 2.24) is 5.32 Å². The summed E-state index contributed by atoms with van der Waals surface area (Å²) in [6, 6.07) is 3.22. The van der Waals surface area contributed by atoms with Crippen LogP contribution in [0, 0.1) is 34.3 Å². The van der Waals surface area contributed by atoms with Crippen LogP contribution in [0.15, 0.2) is 18.2 Å². The van der Waals surface area contributed by atoms with Crippen LogP contribution < -0.4 is 5.32 Å². The van der Waals surface area contributed by atoms with E-state index in [0.29, 0.717) is 25.2 Å². The molecule has 1 heterocycles. The van der Waals surface area contributed by atoms with Crippen LogP contribution in [-0.2, 0) is 25.5 Å². The molecular formula is C25H35F2NO5. The Hall–Kier alpha value is -1.61. The third-order valence-electron chi connectivity index (χ3n) is 8.35. The molecule has 0 unspecified atom stereocenters. The first-order valence-corrected chi connectivity index (χ1v) is 11.8. The zero-order valence-electron chi connectivity index (χ0n) is 19.6. The smallest absolute Gasteiger partial charge is 0.220 e. The molecule has 1 amide bonds. The number of nitrogens with one attached hydrogen (secondary N) is 1. The number of hydrogen-bond donors (Lipinski definition) is 2. The lowest BCUT2D eigenvalue weighted by Gasteiger charge is -2.62. The van der Waals surface area contributed by atoms with Gasteiger partial charge >= 0.3 is 0 Å². The van der Waals surface area contributed by atoms with E-state index in [1.54, 1.807) is 7.11 Å². The molecule has 2 aliphatic carbocycles. The maximum atomic E-state index is 13.4. The summed E-state index contributed by atoms with van der Waals surface area (Å²) in [6.07, 6.45) is 2.45. The zero-order chi connectivity index (χ0) is 23.8. The van der Waals surface area contributed by atoms with Crippen molar-refractivity contribution in [2.24, 2.45) is 22.7 Å². The molecule has 6 nitrogen and oxygen atoms in total. The fourth-order valence-electron chi connectivity index (χ4n) is 6.70. The summed E-state index contributed by atoms with van der Waals surface area (Å²) < 4.78 is 44.3. The maximum absolute atomic E-state index is 13.4. The number of ether oxygens (including phenoxy) is 3. The topological polar surface area (TPSA) is 77.0 Å². The molecule has 0 radical (unpaired) electrons. The summed E-state index contributed by atoms with van der Waals surface area (Å²) in [4.78, 5) is 12.8. The van der Waals surface area contributed by atoms with Crippen LogP contribution >= 0.6 is 0 Å². The average Bonchev–Trinajstić information content (AvgIpc) is 2.75. The van der Waals surface area contributed by atoms with Crippen molar-refractivity contribution < 1.29 is 32.9 Å². The highest BCUT2D eigenvalue weighted by Gasteiger charge is 2.61. The van der Waals surface area contributed by atoms with Crippen molar-refractivity contribution >= 4 is 5.91 Å². The Morgan fingerprint density at radius 2 is 1.91 bits per heavy atom. The SMILES string of the molecule is COC[C@@H]1OC[C@@]2(C)[C@H]3CC[C@@H](O)[C@@H](CC(=O)NCc4cc(F)cc(F)c4)[C@]3(C)CC[C@@H]2O1. The van der Waals surface area contributed by atoms with Crippen LogP contribution in [0.25, 0.3) is 0 Å². The molecule has 4 rings (SSSR count). The standard InChI is InChI=1S/C25H35F2NO5/c1-24-7-6-21-25(2,14-32-23(33-21)13-31-3)20(24)5-4-19(29)18(24)11-22(30)28-12-15-8-16(26)10-17(27)9-15/h8-10,18-21,23,29H,4-7,11-14H2,1-3H3,(H,28,30)/t18-,19-,20+,21+,23-,24+,25+/m1/s1. The van der Waals surface area contributed by atoms with Gasteiger partial charge in [-0.05, 0) is 60.6 Å². The first-order chi connectivity index (χ1) is 15.7. The Labute approximate surface area is 194 Å². The number of halogens is 2. The van der Waals surface area contributed by atoms with E-state index < -0.39 is 17.7 Å². The summed E-state index contributed by atoms with van der Waals surface area (Å²) in [5, 5.41) is 13.7. The molecule has 0 aromatic heterocycles. The van der Waals surface area contributed by atoms with E-state index in [4.69, 9.17) is 14.2 Å². The normalized spacial score (nSPS) is 38.3. The minimum absolute atomic E-state index is 0.0405. The van der Waals surface area contributed by atoms with Gasteiger partial charge in [-0.1, -0.05) is 13.8 Å². The summed E-state index contributed by atoms with van der Waals surface area (Å²) >= 11 is 0. The number of methoxy groups -OCH3 is 1. The number of hydrogen-bond acceptors (Lipinski definition) is 5. The van der Waals surface area contributed by atoms with Crippen molar-refractivity contribution in [2.75, 3.05) is 20.3 Å². The average molecular weight is 468 g/mol. The number of aliphatic hydroxyl groups excluding tert-OH is 1. The predicted octanol–water partition coefficient (Wildman–Crippen LogP) is 3.55. The van der Waals surface area contributed by atoms with Gasteiger partial charge in [-0.25, -0.2) is 8.78 Å². The van der Waals surface area contributed by atoms with E-state index in [1.165, 1.54) is 12.1 Å². The molecule has 1 aliphatic heterocycles. The van der Waals surface area contributed by atoms with E-state index in [1.807, 2.05) is 0 Å². The molecule has 33 heavy (non-hydrogen) atoms. The van der Waals surface area contributed by atoms with E-state index >= 15 is 0 Å². The molecule has 7 atom stereocenters. The van der Waals surface area contributed by atoms with Crippen molar-refractivity contribution in [3.05, 3.63) is 35.4 Å². The second-order valence-electron chi connectivity index (χ2n) is 10.4. The molecule has 3 aliphatic rings. The van der Waals surface area contributed by atoms with Gasteiger partial charge in [0.25, 0.3) is 0 Å². The zero-order valence-corrected chi connectivity index (χ0v) is 19.6. The highest BCUT2D eigenvalue weighted by atomic mass is 19.1. The lowest BCUT2D eigenvalue weighted by Crippen LogP contribution is -2.63. The van der Waals surface area contributed by atoms with Gasteiger partial charge in [0, 0.05) is 31.6 Å². The molecule has 1 saturated heterocycles. The third-order valence-corrected chi connectivity index (χ3v) is 8.35. The highest BCUT2D eigenvalue weighted by Crippen LogP contribution is 2.62. The molecule has 0 spiro atoms. The fourth-order valence-corrected chi connectivity index (χ4v) is 6.70. The quantitative estimate of drug-likeness (QED) is 0.669. The number of aliphatic hydroxyl groups is 1. The van der Waals surface area contributed by atoms with Crippen LogP contribution in [0.5, 0.6) is 0 Å². The number of benzene rings is 1. The van der Waals surface area contributed by atoms with Gasteiger partial charge in [0.2, 0.25) is 5.91 Å². The molecule has 2 saturated carbocycles. The Morgan fingerprint density at radius 3 is 2.61 bits per heavy atom. The summed E-state index contributed by atoms with van der Waals surface area (Å²) in [5.74, 6) is -1.55. The van der Waals surface area contributed by atoms with Gasteiger partial charge < -0.3 is 24.6 Å². The molecule has 8 heteroatoms. The lowest BCUT2D eigenvalue weighted by molar-refractivity contribution is -0.315. The van der Waals surface area contributed by atoms with E-state index in [9.17, 15) is 18.7 Å². The van der Waals surface area contributed by atoms with Crippen LogP contribution in [0.2, 0.25) is 0 Å². The van der Waals surface area contributed by atoms with Crippen LogP contribution in [0.4, 0.5) is 8.78 Å². The number of fused-ring (bicyclic) bond motifs is 3. The first kappa shape index (κ1) is 24.5. The van der Waals surface area contributed by atoms with Gasteiger partial charge in [0.15, 0.2) is 6.29 Å². The van der Waals surface area contributed by atoms with Gasteiger partial charge in [0.1, 0.15) is 11.6 Å². The second kappa shape index (κ2) is 9.56. The third kappa shape index (κ3) is 4.81. The summed E-state index contributed by atoms with van der Waals surface area (Å²) in [7, 11) is 1.63. The lowest BCUT2D eigenvalue weighted by atomic mass is 9.46. The molecule has 1 aromatic rings. The van der Waals surface area contributed by atoms with Crippen molar-refractivity contribution in [1.29, 1.82) is 0 Å². The van der Waals surface area contributed by atoms with E-state index in [0.717, 1.165) is 25.3 Å². The van der Waals surface area contributed by atoms with Gasteiger partial charge in [-0.2, -0.15) is 0 Å². The Bertz CT molecular complexity index is 849. The molecule has 2 N–H and O–H groups in total. The largest absolute Gasteiger partial charge is 0.393 e. The summed E-state index contributed by atoms with van der Waals surface area (Å²) in [5.41, 5.74) is -0.0821. The molecule has 1 aromatic carbocycles. The number of carbonyl (C=O) groups is 1. The fraction of sp³-hybridized carbons (Fsp3) is 0.720. The van der Waals surface area contributed by atoms with Gasteiger partial charge in [-0.3, -0.25) is 4.79 Å². The van der Waals surface area contributed by atoms with Crippen LogP contribution in [0.3, 0.4) is 0 Å². The molecule has 0 bridgehead atoms. The van der Waals surface area contributed by atoms with Crippen LogP contribution in [-0.4, -0.2) is 49.8 Å². The maximum Gasteiger partial charge on any atom is 0.220 e. The van der Waals surface area contributed by atoms with Gasteiger partial charge in [0.05, 0.1) is 25.4 Å². The Balaban J connectivity index is 1.45. The minimum atomic E-state index is -0.674. The Morgan fingerprint density at radius 1 is 1.18 bits per heavy atom. The monoisotopic (exact) mass is 467 g/mol. The van der Waals surface area contributed by atoms with Gasteiger partial charge in [-0.15, -0.1) is 0 Å². The first-order valence-electron chi connectivity index (χ1n) is 11.8. The molecule has 3 fully saturated rings. The highest BCUT2D eigenvalue weighted by molar-refractivity contribution is 5.76. The van der Waals surface area contributed by atoms with E-state index in [2.05, 4.69) is 19.2 Å². The summed E-state index contributed by atoms with van der Waals surface area (Å²) in [6.45, 7) is 5.38. The van der Waals surface area contributed by atoms with Crippen molar-refractivity contribution in [3.8, 4) is 0 Å². The number of amides is 1. The van der Waals surface area contributed by atoms with E-state index in [-0.39, 0.29) is 53.9 Å². The molecular weight excluding hydrogens is 432 g/mol. The minimum Gasteiger partial charge on any atom is -0.393 e. The van der Waals surface area contributed by atoms with Crippen molar-refractivity contribution in [2.45, 2.75) is 71.0 Å². The number of rotatable bonds is 6. The molecule has 184 valence electrons. The second-order valence-corrected chi connectivity index (χ2v) is 10.4.